The van der Waals surface area contributed by atoms with E-state index in [4.69, 9.17) is 22.3 Å². The maximum Gasteiger partial charge on any atom is 0.146 e. The molecule has 0 radical (unpaired) electrons. The molecule has 7 rings (SSSR count). The predicted molar refractivity (Wildman–Crippen MR) is 144 cm³/mol. The third-order valence-corrected chi connectivity index (χ3v) is 8.02. The van der Waals surface area contributed by atoms with E-state index >= 15 is 0 Å². The van der Waals surface area contributed by atoms with Crippen LogP contribution in [0.1, 0.15) is 25.3 Å². The average Bonchev–Trinajstić information content (AvgIpc) is 3.22. The Morgan fingerprint density at radius 1 is 0.972 bits per heavy atom. The summed E-state index contributed by atoms with van der Waals surface area (Å²) in [6, 6.07) is 14.3. The number of hydrogen-bond donors (Lipinski definition) is 1. The zero-order valence-electron chi connectivity index (χ0n) is 19.8. The summed E-state index contributed by atoms with van der Waals surface area (Å²) in [5.41, 5.74) is 11.6. The maximum absolute atomic E-state index is 6.85. The summed E-state index contributed by atoms with van der Waals surface area (Å²) in [5.74, 6) is 1.21. The number of benzene rings is 1. The number of halogens is 1. The van der Waals surface area contributed by atoms with E-state index in [1.54, 1.807) is 12.5 Å². The van der Waals surface area contributed by atoms with Crippen LogP contribution in [-0.4, -0.2) is 49.0 Å². The molecule has 1 saturated heterocycles. The molecular formula is C28H26ClN7. The highest BCUT2D eigenvalue weighted by Crippen LogP contribution is 2.45. The van der Waals surface area contributed by atoms with Crippen LogP contribution in [0.3, 0.4) is 0 Å². The van der Waals surface area contributed by atoms with E-state index in [1.807, 2.05) is 42.5 Å². The van der Waals surface area contributed by atoms with Gasteiger partial charge in [-0.1, -0.05) is 23.7 Å². The molecule has 2 fully saturated rings. The second-order valence-corrected chi connectivity index (χ2v) is 10.4. The van der Waals surface area contributed by atoms with Crippen molar-refractivity contribution in [3.8, 4) is 22.5 Å². The zero-order valence-corrected chi connectivity index (χ0v) is 20.6. The smallest absolute Gasteiger partial charge is 0.146 e. The number of likely N-dealkylation sites (tertiary alicyclic amines) is 1. The van der Waals surface area contributed by atoms with Gasteiger partial charge in [-0.3, -0.25) is 4.98 Å². The molecule has 2 aliphatic rings. The first-order valence-corrected chi connectivity index (χ1v) is 12.9. The fourth-order valence-corrected chi connectivity index (χ4v) is 5.88. The highest BCUT2D eigenvalue weighted by atomic mass is 35.5. The number of rotatable bonds is 5. The van der Waals surface area contributed by atoms with Gasteiger partial charge in [0.25, 0.3) is 0 Å². The standard InChI is InChI=1S/C28H26ClN7/c29-22-12-18-5-6-24(23-4-1-2-7-31-23)34-25(18)13-20(22)21-15-36(28-26(21)27(30)32-16-33-28)19-10-17(11-19)14-35-8-3-9-35/h1-2,4-7,12-13,15-17,19H,3,8-11,14H2,(H2,30,32,33). The van der Waals surface area contributed by atoms with Crippen molar-refractivity contribution >= 4 is 39.4 Å². The largest absolute Gasteiger partial charge is 0.383 e. The average molecular weight is 496 g/mol. The number of nitrogen functional groups attached to an aromatic ring is 1. The number of anilines is 1. The minimum Gasteiger partial charge on any atom is -0.383 e. The lowest BCUT2D eigenvalue weighted by molar-refractivity contribution is 0.0921. The summed E-state index contributed by atoms with van der Waals surface area (Å²) in [5, 5.41) is 2.48. The lowest BCUT2D eigenvalue weighted by Crippen LogP contribution is -2.43. The summed E-state index contributed by atoms with van der Waals surface area (Å²) in [4.78, 5) is 20.9. The first kappa shape index (κ1) is 21.7. The molecule has 1 saturated carbocycles. The highest BCUT2D eigenvalue weighted by molar-refractivity contribution is 6.34. The van der Waals surface area contributed by atoms with E-state index < -0.39 is 0 Å². The van der Waals surface area contributed by atoms with Gasteiger partial charge in [0.15, 0.2) is 0 Å². The molecular weight excluding hydrogens is 470 g/mol. The summed E-state index contributed by atoms with van der Waals surface area (Å²) in [6.07, 6.45) is 9.14. The molecule has 180 valence electrons. The molecule has 5 aromatic rings. The van der Waals surface area contributed by atoms with E-state index in [9.17, 15) is 0 Å². The van der Waals surface area contributed by atoms with Gasteiger partial charge in [0.1, 0.15) is 17.8 Å². The molecule has 1 aliphatic heterocycles. The van der Waals surface area contributed by atoms with Crippen molar-refractivity contribution in [2.45, 2.75) is 25.3 Å². The van der Waals surface area contributed by atoms with Crippen LogP contribution in [0, 0.1) is 5.92 Å². The fourth-order valence-electron chi connectivity index (χ4n) is 5.60. The Kier molecular flexibility index (Phi) is 5.15. The van der Waals surface area contributed by atoms with Crippen LogP contribution in [-0.2, 0) is 0 Å². The quantitative estimate of drug-likeness (QED) is 0.341. The lowest BCUT2D eigenvalue weighted by atomic mass is 9.79. The van der Waals surface area contributed by atoms with Gasteiger partial charge < -0.3 is 15.2 Å². The molecule has 8 heteroatoms. The molecule has 4 aromatic heterocycles. The number of aromatic nitrogens is 5. The molecule has 0 unspecified atom stereocenters. The molecule has 2 N–H and O–H groups in total. The minimum absolute atomic E-state index is 0.412. The number of pyridine rings is 2. The molecule has 5 heterocycles. The van der Waals surface area contributed by atoms with E-state index in [1.165, 1.54) is 26.1 Å². The Morgan fingerprint density at radius 3 is 2.64 bits per heavy atom. The molecule has 0 atom stereocenters. The molecule has 1 aromatic carbocycles. The van der Waals surface area contributed by atoms with Crippen molar-refractivity contribution in [1.29, 1.82) is 0 Å². The fraction of sp³-hybridized carbons (Fsp3) is 0.286. The zero-order chi connectivity index (χ0) is 24.2. The van der Waals surface area contributed by atoms with Crippen LogP contribution in [0.15, 0.2) is 61.2 Å². The number of fused-ring (bicyclic) bond motifs is 2. The SMILES string of the molecule is Nc1ncnc2c1c(-c1cc3nc(-c4ccccn4)ccc3cc1Cl)cn2C1CC(CN2CCC2)C1. The van der Waals surface area contributed by atoms with E-state index in [0.717, 1.165) is 63.2 Å². The Balaban J connectivity index is 1.30. The molecule has 7 nitrogen and oxygen atoms in total. The van der Waals surface area contributed by atoms with Crippen LogP contribution in [0.5, 0.6) is 0 Å². The summed E-state index contributed by atoms with van der Waals surface area (Å²) in [6.45, 7) is 3.70. The van der Waals surface area contributed by atoms with E-state index in [2.05, 4.69) is 30.6 Å². The van der Waals surface area contributed by atoms with Crippen LogP contribution >= 0.6 is 11.6 Å². The van der Waals surface area contributed by atoms with E-state index in [0.29, 0.717) is 16.9 Å². The van der Waals surface area contributed by atoms with Crippen molar-refractivity contribution in [3.05, 3.63) is 66.2 Å². The monoisotopic (exact) mass is 495 g/mol. The third-order valence-electron chi connectivity index (χ3n) is 7.70. The van der Waals surface area contributed by atoms with Crippen LogP contribution in [0.4, 0.5) is 5.82 Å². The van der Waals surface area contributed by atoms with Crippen LogP contribution < -0.4 is 5.73 Å². The maximum atomic E-state index is 6.85. The second-order valence-electron chi connectivity index (χ2n) is 9.99. The van der Waals surface area contributed by atoms with Crippen molar-refractivity contribution in [3.63, 3.8) is 0 Å². The topological polar surface area (TPSA) is 85.7 Å². The number of nitrogens with zero attached hydrogens (tertiary/aromatic N) is 6. The van der Waals surface area contributed by atoms with Gasteiger partial charge in [-0.25, -0.2) is 15.0 Å². The molecule has 0 bridgehead atoms. The van der Waals surface area contributed by atoms with E-state index in [-0.39, 0.29) is 0 Å². The molecule has 0 spiro atoms. The first-order chi connectivity index (χ1) is 17.6. The predicted octanol–water partition coefficient (Wildman–Crippen LogP) is 5.60. The van der Waals surface area contributed by atoms with Crippen LogP contribution in [0.2, 0.25) is 5.02 Å². The van der Waals surface area contributed by atoms with Crippen molar-refractivity contribution in [2.75, 3.05) is 25.4 Å². The Hall–Kier alpha value is -3.55. The molecule has 1 aliphatic carbocycles. The summed E-state index contributed by atoms with van der Waals surface area (Å²) < 4.78 is 2.29. The van der Waals surface area contributed by atoms with Gasteiger partial charge in [-0.05, 0) is 68.6 Å². The third kappa shape index (κ3) is 3.62. The number of nitrogens with two attached hydrogens (primary N) is 1. The lowest BCUT2D eigenvalue weighted by Gasteiger charge is -2.42. The summed E-state index contributed by atoms with van der Waals surface area (Å²) in [7, 11) is 0. The van der Waals surface area contributed by atoms with Crippen molar-refractivity contribution in [2.24, 2.45) is 5.92 Å². The van der Waals surface area contributed by atoms with Gasteiger partial charge in [0.05, 0.1) is 22.3 Å². The van der Waals surface area contributed by atoms with Gasteiger partial charge >= 0.3 is 0 Å². The van der Waals surface area contributed by atoms with Crippen molar-refractivity contribution in [1.82, 2.24) is 29.4 Å². The Labute approximate surface area is 214 Å². The Morgan fingerprint density at radius 2 is 1.86 bits per heavy atom. The highest BCUT2D eigenvalue weighted by Gasteiger charge is 2.34. The van der Waals surface area contributed by atoms with Gasteiger partial charge in [0, 0.05) is 46.5 Å². The molecule has 0 amide bonds. The van der Waals surface area contributed by atoms with Crippen LogP contribution in [0.25, 0.3) is 44.5 Å². The van der Waals surface area contributed by atoms with Gasteiger partial charge in [-0.15, -0.1) is 0 Å². The number of hydrogen-bond acceptors (Lipinski definition) is 6. The Bertz CT molecular complexity index is 1590. The normalized spacial score (nSPS) is 19.9. The van der Waals surface area contributed by atoms with Gasteiger partial charge in [-0.2, -0.15) is 0 Å². The minimum atomic E-state index is 0.412. The summed E-state index contributed by atoms with van der Waals surface area (Å²) >= 11 is 6.85. The molecule has 36 heavy (non-hydrogen) atoms. The van der Waals surface area contributed by atoms with Crippen molar-refractivity contribution < 1.29 is 0 Å². The van der Waals surface area contributed by atoms with Gasteiger partial charge in [0.2, 0.25) is 0 Å². The second kappa shape index (κ2) is 8.54. The first-order valence-electron chi connectivity index (χ1n) is 12.5.